The first-order valence-corrected chi connectivity index (χ1v) is 5.99. The highest BCUT2D eigenvalue weighted by Gasteiger charge is 2.07. The van der Waals surface area contributed by atoms with Gasteiger partial charge in [-0.25, -0.2) is 0 Å². The van der Waals surface area contributed by atoms with Gasteiger partial charge in [-0.1, -0.05) is 0 Å². The van der Waals surface area contributed by atoms with Crippen LogP contribution in [0.4, 0.5) is 0 Å². The number of nitrogens with two attached hydrogens (primary N) is 1. The predicted octanol–water partition coefficient (Wildman–Crippen LogP) is 1.39. The summed E-state index contributed by atoms with van der Waals surface area (Å²) in [6.45, 7) is 3.11. The molecule has 0 rings (SSSR count). The molecule has 78 valence electrons. The summed E-state index contributed by atoms with van der Waals surface area (Å²) in [7, 11) is 2.09. The van der Waals surface area contributed by atoms with Gasteiger partial charge in [0.05, 0.1) is 5.84 Å². The van der Waals surface area contributed by atoms with Gasteiger partial charge in [0.1, 0.15) is 0 Å². The fourth-order valence-corrected chi connectivity index (χ4v) is 1.60. The number of rotatable bonds is 7. The first-order chi connectivity index (χ1) is 6.07. The topological polar surface area (TPSA) is 53.1 Å². The number of hydrogen-bond donors (Lipinski definition) is 2. The quantitative estimate of drug-likeness (QED) is 0.485. The Morgan fingerprint density at radius 3 is 2.69 bits per heavy atom. The van der Waals surface area contributed by atoms with E-state index in [2.05, 4.69) is 25.1 Å². The molecule has 0 aliphatic rings. The zero-order chi connectivity index (χ0) is 10.3. The van der Waals surface area contributed by atoms with Crippen LogP contribution in [0.15, 0.2) is 0 Å². The second-order valence-corrected chi connectivity index (χ2v) is 4.37. The van der Waals surface area contributed by atoms with Crippen LogP contribution in [0.5, 0.6) is 0 Å². The van der Waals surface area contributed by atoms with Crippen molar-refractivity contribution in [2.75, 3.05) is 25.6 Å². The van der Waals surface area contributed by atoms with Gasteiger partial charge in [-0.3, -0.25) is 5.41 Å². The van der Waals surface area contributed by atoms with Crippen LogP contribution in [-0.2, 0) is 0 Å². The molecule has 0 spiro atoms. The Labute approximate surface area is 85.6 Å². The third-order valence-electron chi connectivity index (χ3n) is 2.23. The van der Waals surface area contributed by atoms with Gasteiger partial charge in [0.2, 0.25) is 0 Å². The summed E-state index contributed by atoms with van der Waals surface area (Å²) in [6.07, 6.45) is 4.01. The van der Waals surface area contributed by atoms with Gasteiger partial charge >= 0.3 is 0 Å². The van der Waals surface area contributed by atoms with E-state index in [0.29, 0.717) is 12.5 Å². The second-order valence-electron chi connectivity index (χ2n) is 3.39. The molecule has 1 atom stereocenters. The fraction of sp³-hybridized carbons (Fsp3) is 0.889. The summed E-state index contributed by atoms with van der Waals surface area (Å²) in [5.74, 6) is 1.48. The van der Waals surface area contributed by atoms with Crippen LogP contribution in [0, 0.1) is 5.41 Å². The number of nitrogens with one attached hydrogen (secondary N) is 1. The van der Waals surface area contributed by atoms with E-state index >= 15 is 0 Å². The second kappa shape index (κ2) is 7.21. The van der Waals surface area contributed by atoms with Gasteiger partial charge in [-0.15, -0.1) is 0 Å². The Kier molecular flexibility index (Phi) is 7.09. The van der Waals surface area contributed by atoms with Gasteiger partial charge in [-0.05, 0) is 32.4 Å². The Morgan fingerprint density at radius 2 is 2.23 bits per heavy atom. The molecule has 0 saturated carbocycles. The predicted molar refractivity (Wildman–Crippen MR) is 61.6 cm³/mol. The van der Waals surface area contributed by atoms with Crippen molar-refractivity contribution < 1.29 is 0 Å². The summed E-state index contributed by atoms with van der Waals surface area (Å²) < 4.78 is 0. The molecule has 4 heteroatoms. The first-order valence-electron chi connectivity index (χ1n) is 4.60. The SMILES string of the molecule is CSCCC(C)N(C)CCC(=N)N. The molecule has 0 aromatic heterocycles. The Balaban J connectivity index is 3.56. The molecule has 3 nitrogen and oxygen atoms in total. The van der Waals surface area contributed by atoms with Gasteiger partial charge in [0.25, 0.3) is 0 Å². The standard InChI is InChI=1S/C9H21N3S/c1-8(5-7-13-3)12(2)6-4-9(10)11/h8H,4-7H2,1-3H3,(H3,10,11). The highest BCUT2D eigenvalue weighted by atomic mass is 32.2. The van der Waals surface area contributed by atoms with E-state index in [-0.39, 0.29) is 5.84 Å². The molecule has 0 radical (unpaired) electrons. The minimum Gasteiger partial charge on any atom is -0.388 e. The van der Waals surface area contributed by atoms with Crippen molar-refractivity contribution in [3.05, 3.63) is 0 Å². The maximum absolute atomic E-state index is 7.11. The fourth-order valence-electron chi connectivity index (χ4n) is 1.03. The molecule has 1 unspecified atom stereocenters. The molecule has 0 amide bonds. The van der Waals surface area contributed by atoms with Crippen molar-refractivity contribution >= 4 is 17.6 Å². The van der Waals surface area contributed by atoms with E-state index in [1.54, 1.807) is 0 Å². The van der Waals surface area contributed by atoms with E-state index in [0.717, 1.165) is 6.54 Å². The molecule has 0 heterocycles. The lowest BCUT2D eigenvalue weighted by atomic mass is 10.2. The lowest BCUT2D eigenvalue weighted by Gasteiger charge is -2.24. The van der Waals surface area contributed by atoms with E-state index in [9.17, 15) is 0 Å². The molecular weight excluding hydrogens is 182 g/mol. The van der Waals surface area contributed by atoms with Crippen LogP contribution in [0.25, 0.3) is 0 Å². The van der Waals surface area contributed by atoms with Gasteiger partial charge in [-0.2, -0.15) is 11.8 Å². The lowest BCUT2D eigenvalue weighted by molar-refractivity contribution is 0.260. The number of thioether (sulfide) groups is 1. The average molecular weight is 203 g/mol. The van der Waals surface area contributed by atoms with Gasteiger partial charge < -0.3 is 10.6 Å². The maximum atomic E-state index is 7.11. The van der Waals surface area contributed by atoms with Crippen molar-refractivity contribution in [3.8, 4) is 0 Å². The maximum Gasteiger partial charge on any atom is 0.0918 e. The zero-order valence-electron chi connectivity index (χ0n) is 8.84. The van der Waals surface area contributed by atoms with Crippen LogP contribution in [0.2, 0.25) is 0 Å². The van der Waals surface area contributed by atoms with E-state index in [4.69, 9.17) is 11.1 Å². The van der Waals surface area contributed by atoms with Crippen molar-refractivity contribution in [2.24, 2.45) is 5.73 Å². The highest BCUT2D eigenvalue weighted by molar-refractivity contribution is 7.98. The Bertz CT molecular complexity index is 150. The minimum absolute atomic E-state index is 0.281. The molecule has 0 bridgehead atoms. The summed E-state index contributed by atoms with van der Waals surface area (Å²) in [5, 5.41) is 7.11. The molecule has 13 heavy (non-hydrogen) atoms. The van der Waals surface area contributed by atoms with Gasteiger partial charge in [0.15, 0.2) is 0 Å². The molecule has 0 aromatic rings. The van der Waals surface area contributed by atoms with Crippen LogP contribution < -0.4 is 5.73 Å². The summed E-state index contributed by atoms with van der Waals surface area (Å²) in [5.41, 5.74) is 5.29. The van der Waals surface area contributed by atoms with Crippen LogP contribution in [0.3, 0.4) is 0 Å². The average Bonchev–Trinajstić information content (AvgIpc) is 2.10. The largest absolute Gasteiger partial charge is 0.388 e. The Hall–Kier alpha value is -0.220. The monoisotopic (exact) mass is 203 g/mol. The van der Waals surface area contributed by atoms with Crippen molar-refractivity contribution in [3.63, 3.8) is 0 Å². The number of hydrogen-bond acceptors (Lipinski definition) is 3. The molecule has 0 saturated heterocycles. The first kappa shape index (κ1) is 12.8. The zero-order valence-corrected chi connectivity index (χ0v) is 9.66. The van der Waals surface area contributed by atoms with E-state index in [1.165, 1.54) is 12.2 Å². The highest BCUT2D eigenvalue weighted by Crippen LogP contribution is 2.05. The Morgan fingerprint density at radius 1 is 1.62 bits per heavy atom. The molecule has 0 fully saturated rings. The van der Waals surface area contributed by atoms with E-state index < -0.39 is 0 Å². The lowest BCUT2D eigenvalue weighted by Crippen LogP contribution is -2.32. The molecule has 0 aliphatic heterocycles. The number of nitrogens with zero attached hydrogens (tertiary/aromatic N) is 1. The van der Waals surface area contributed by atoms with Crippen molar-refractivity contribution in [1.82, 2.24) is 4.90 Å². The smallest absolute Gasteiger partial charge is 0.0918 e. The van der Waals surface area contributed by atoms with Gasteiger partial charge in [0, 0.05) is 19.0 Å². The normalized spacial score (nSPS) is 13.2. The summed E-state index contributed by atoms with van der Waals surface area (Å²) in [4.78, 5) is 2.26. The van der Waals surface area contributed by atoms with Crippen LogP contribution in [0.1, 0.15) is 19.8 Å². The third kappa shape index (κ3) is 6.90. The minimum atomic E-state index is 0.281. The third-order valence-corrected chi connectivity index (χ3v) is 2.87. The summed E-state index contributed by atoms with van der Waals surface area (Å²) in [6, 6.07) is 0.590. The van der Waals surface area contributed by atoms with E-state index in [1.807, 2.05) is 11.8 Å². The number of amidine groups is 1. The summed E-state index contributed by atoms with van der Waals surface area (Å²) >= 11 is 1.88. The molecule has 0 aromatic carbocycles. The van der Waals surface area contributed by atoms with Crippen molar-refractivity contribution in [1.29, 1.82) is 5.41 Å². The molecule has 3 N–H and O–H groups in total. The van der Waals surface area contributed by atoms with Crippen molar-refractivity contribution in [2.45, 2.75) is 25.8 Å². The molecular formula is C9H21N3S. The van der Waals surface area contributed by atoms with Crippen LogP contribution in [-0.4, -0.2) is 42.4 Å². The van der Waals surface area contributed by atoms with Crippen LogP contribution >= 0.6 is 11.8 Å². The molecule has 0 aliphatic carbocycles.